The Morgan fingerprint density at radius 3 is 2.41 bits per heavy atom. The lowest BCUT2D eigenvalue weighted by molar-refractivity contribution is -0.00993. The van der Waals surface area contributed by atoms with E-state index in [2.05, 4.69) is 10.6 Å². The molecular formula is C16H22N2O4. The first-order valence-corrected chi connectivity index (χ1v) is 7.33. The Kier molecular flexibility index (Phi) is 5.03. The maximum atomic E-state index is 11.8. The minimum absolute atomic E-state index is 0.230. The summed E-state index contributed by atoms with van der Waals surface area (Å²) in [5.74, 6) is -0.447. The highest BCUT2D eigenvalue weighted by Crippen LogP contribution is 2.41. The molecule has 1 saturated carbocycles. The Hall–Kier alpha value is -2.08. The predicted molar refractivity (Wildman–Crippen MR) is 81.8 cm³/mol. The summed E-state index contributed by atoms with van der Waals surface area (Å²) in [6.45, 7) is 2.83. The molecule has 1 unspecified atom stereocenters. The standard InChI is InChI=1S/C16H22N2O4/c1-16(22-2,13-7-8-13)10-18-15(21)17-9-11-3-5-12(6-4-11)14(19)20/h3-6,13H,7-10H2,1-2H3,(H,19,20)(H2,17,18,21). The highest BCUT2D eigenvalue weighted by atomic mass is 16.5. The van der Waals surface area contributed by atoms with Crippen LogP contribution in [0.4, 0.5) is 4.79 Å². The zero-order chi connectivity index (χ0) is 16.2. The van der Waals surface area contributed by atoms with Crippen molar-refractivity contribution < 1.29 is 19.4 Å². The van der Waals surface area contributed by atoms with Gasteiger partial charge in [-0.1, -0.05) is 12.1 Å². The number of aromatic carboxylic acids is 1. The Labute approximate surface area is 129 Å². The Balaban J connectivity index is 1.76. The van der Waals surface area contributed by atoms with Crippen LogP contribution in [0.3, 0.4) is 0 Å². The number of carbonyl (C=O) groups excluding carboxylic acids is 1. The molecule has 0 aliphatic heterocycles. The lowest BCUT2D eigenvalue weighted by atomic mass is 10.0. The van der Waals surface area contributed by atoms with Crippen LogP contribution >= 0.6 is 0 Å². The predicted octanol–water partition coefficient (Wildman–Crippen LogP) is 2.00. The van der Waals surface area contributed by atoms with Crippen molar-refractivity contribution in [3.05, 3.63) is 35.4 Å². The molecule has 0 bridgehead atoms. The first-order valence-electron chi connectivity index (χ1n) is 7.33. The van der Waals surface area contributed by atoms with E-state index in [0.717, 1.165) is 18.4 Å². The first-order chi connectivity index (χ1) is 10.4. The molecule has 2 amide bonds. The van der Waals surface area contributed by atoms with Gasteiger partial charge < -0.3 is 20.5 Å². The fraction of sp³-hybridized carbons (Fsp3) is 0.500. The molecule has 1 aliphatic carbocycles. The number of amides is 2. The van der Waals surface area contributed by atoms with Crippen molar-refractivity contribution in [1.82, 2.24) is 10.6 Å². The summed E-state index contributed by atoms with van der Waals surface area (Å²) >= 11 is 0. The number of ether oxygens (including phenoxy) is 1. The summed E-state index contributed by atoms with van der Waals surface area (Å²) in [7, 11) is 1.67. The number of hydrogen-bond acceptors (Lipinski definition) is 3. The number of hydrogen-bond donors (Lipinski definition) is 3. The van der Waals surface area contributed by atoms with Crippen molar-refractivity contribution in [2.75, 3.05) is 13.7 Å². The molecule has 1 atom stereocenters. The summed E-state index contributed by atoms with van der Waals surface area (Å²) in [5.41, 5.74) is 0.769. The van der Waals surface area contributed by atoms with E-state index in [-0.39, 0.29) is 17.2 Å². The largest absolute Gasteiger partial charge is 0.478 e. The summed E-state index contributed by atoms with van der Waals surface area (Å²) in [6, 6.07) is 6.16. The van der Waals surface area contributed by atoms with Gasteiger partial charge in [-0.15, -0.1) is 0 Å². The molecule has 0 saturated heterocycles. The lowest BCUT2D eigenvalue weighted by Gasteiger charge is -2.28. The van der Waals surface area contributed by atoms with E-state index in [9.17, 15) is 9.59 Å². The number of carbonyl (C=O) groups is 2. The van der Waals surface area contributed by atoms with Gasteiger partial charge in [0.1, 0.15) is 0 Å². The third kappa shape index (κ3) is 4.21. The molecule has 1 aliphatic rings. The summed E-state index contributed by atoms with van der Waals surface area (Å²) in [6.07, 6.45) is 2.28. The maximum absolute atomic E-state index is 11.8. The van der Waals surface area contributed by atoms with Gasteiger partial charge in [0.05, 0.1) is 11.2 Å². The van der Waals surface area contributed by atoms with Crippen LogP contribution in [0.1, 0.15) is 35.7 Å². The molecule has 0 aromatic heterocycles. The third-order valence-electron chi connectivity index (χ3n) is 4.16. The molecule has 1 fully saturated rings. The van der Waals surface area contributed by atoms with Gasteiger partial charge in [0.2, 0.25) is 0 Å². The SMILES string of the molecule is COC(C)(CNC(=O)NCc1ccc(C(=O)O)cc1)C1CC1. The van der Waals surface area contributed by atoms with Crippen LogP contribution in [0.15, 0.2) is 24.3 Å². The van der Waals surface area contributed by atoms with E-state index in [1.54, 1.807) is 19.2 Å². The molecule has 3 N–H and O–H groups in total. The molecule has 0 spiro atoms. The Bertz CT molecular complexity index is 540. The fourth-order valence-electron chi connectivity index (χ4n) is 2.34. The van der Waals surface area contributed by atoms with Gasteiger partial charge in [0, 0.05) is 20.2 Å². The fourth-order valence-corrected chi connectivity index (χ4v) is 2.34. The van der Waals surface area contributed by atoms with E-state index in [4.69, 9.17) is 9.84 Å². The number of urea groups is 1. The Morgan fingerprint density at radius 1 is 1.27 bits per heavy atom. The highest BCUT2D eigenvalue weighted by molar-refractivity contribution is 5.87. The molecule has 2 rings (SSSR count). The normalized spacial score (nSPS) is 16.6. The number of nitrogens with one attached hydrogen (secondary N) is 2. The molecule has 0 heterocycles. The number of methoxy groups -OCH3 is 1. The zero-order valence-electron chi connectivity index (χ0n) is 12.9. The number of carboxylic acid groups (broad SMARTS) is 1. The van der Waals surface area contributed by atoms with Crippen LogP contribution in [0.25, 0.3) is 0 Å². The number of benzene rings is 1. The quantitative estimate of drug-likeness (QED) is 0.719. The molecule has 22 heavy (non-hydrogen) atoms. The van der Waals surface area contributed by atoms with Gasteiger partial charge in [-0.25, -0.2) is 9.59 Å². The van der Waals surface area contributed by atoms with Crippen molar-refractivity contribution in [1.29, 1.82) is 0 Å². The van der Waals surface area contributed by atoms with Gasteiger partial charge in [0.15, 0.2) is 0 Å². The average Bonchev–Trinajstić information content (AvgIpc) is 3.36. The Morgan fingerprint density at radius 2 is 1.91 bits per heavy atom. The van der Waals surface area contributed by atoms with E-state index >= 15 is 0 Å². The van der Waals surface area contributed by atoms with E-state index in [1.165, 1.54) is 12.1 Å². The van der Waals surface area contributed by atoms with Crippen molar-refractivity contribution >= 4 is 12.0 Å². The molecule has 6 nitrogen and oxygen atoms in total. The van der Waals surface area contributed by atoms with Crippen LogP contribution in [-0.4, -0.2) is 36.4 Å². The number of rotatable bonds is 7. The minimum atomic E-state index is -0.962. The van der Waals surface area contributed by atoms with Gasteiger partial charge in [-0.2, -0.15) is 0 Å². The second-order valence-electron chi connectivity index (χ2n) is 5.83. The topological polar surface area (TPSA) is 87.7 Å². The molecule has 1 aromatic rings. The summed E-state index contributed by atoms with van der Waals surface area (Å²) in [5, 5.41) is 14.4. The monoisotopic (exact) mass is 306 g/mol. The minimum Gasteiger partial charge on any atom is -0.478 e. The smallest absolute Gasteiger partial charge is 0.335 e. The second-order valence-corrected chi connectivity index (χ2v) is 5.83. The zero-order valence-corrected chi connectivity index (χ0v) is 12.9. The summed E-state index contributed by atoms with van der Waals surface area (Å²) < 4.78 is 5.51. The molecule has 0 radical (unpaired) electrons. The van der Waals surface area contributed by atoms with E-state index in [1.807, 2.05) is 6.92 Å². The third-order valence-corrected chi connectivity index (χ3v) is 4.16. The average molecular weight is 306 g/mol. The molecule has 120 valence electrons. The van der Waals surface area contributed by atoms with Gasteiger partial charge in [-0.05, 0) is 43.4 Å². The van der Waals surface area contributed by atoms with Crippen LogP contribution in [-0.2, 0) is 11.3 Å². The number of carboxylic acids is 1. The van der Waals surface area contributed by atoms with E-state index < -0.39 is 5.97 Å². The van der Waals surface area contributed by atoms with Crippen LogP contribution < -0.4 is 10.6 Å². The van der Waals surface area contributed by atoms with Crippen molar-refractivity contribution in [2.24, 2.45) is 5.92 Å². The van der Waals surface area contributed by atoms with E-state index in [0.29, 0.717) is 19.0 Å². The van der Waals surface area contributed by atoms with Gasteiger partial charge >= 0.3 is 12.0 Å². The van der Waals surface area contributed by atoms with Crippen LogP contribution in [0.5, 0.6) is 0 Å². The van der Waals surface area contributed by atoms with Crippen LogP contribution in [0.2, 0.25) is 0 Å². The second kappa shape index (κ2) is 6.79. The van der Waals surface area contributed by atoms with Crippen molar-refractivity contribution in [3.8, 4) is 0 Å². The van der Waals surface area contributed by atoms with Gasteiger partial charge in [-0.3, -0.25) is 0 Å². The summed E-state index contributed by atoms with van der Waals surface area (Å²) in [4.78, 5) is 22.6. The van der Waals surface area contributed by atoms with Crippen LogP contribution in [0, 0.1) is 5.92 Å². The molecule has 6 heteroatoms. The molecular weight excluding hydrogens is 284 g/mol. The lowest BCUT2D eigenvalue weighted by Crippen LogP contribution is -2.46. The molecule has 1 aromatic carbocycles. The van der Waals surface area contributed by atoms with Crippen molar-refractivity contribution in [3.63, 3.8) is 0 Å². The van der Waals surface area contributed by atoms with Crippen molar-refractivity contribution in [2.45, 2.75) is 31.9 Å². The first kappa shape index (κ1) is 16.3. The highest BCUT2D eigenvalue weighted by Gasteiger charge is 2.41. The maximum Gasteiger partial charge on any atom is 0.335 e. The van der Waals surface area contributed by atoms with Gasteiger partial charge in [0.25, 0.3) is 0 Å².